The SMILES string of the molecule is CC(C=O)=CC=CC(C)=CC=CC=C(C)C=CC=C(C)C=CC12OC1(C)CC(O)CC2(C)C. The van der Waals surface area contributed by atoms with Gasteiger partial charge in [0.1, 0.15) is 17.5 Å². The molecule has 33 heavy (non-hydrogen) atoms. The van der Waals surface area contributed by atoms with E-state index in [9.17, 15) is 9.90 Å². The molecule has 1 aliphatic carbocycles. The summed E-state index contributed by atoms with van der Waals surface area (Å²) in [7, 11) is 0. The molecule has 3 heteroatoms. The van der Waals surface area contributed by atoms with Crippen molar-refractivity contribution in [3.8, 4) is 0 Å². The Morgan fingerprint density at radius 1 is 0.758 bits per heavy atom. The number of carbonyl (C=O) groups is 1. The number of rotatable bonds is 9. The first kappa shape index (κ1) is 26.8. The van der Waals surface area contributed by atoms with Gasteiger partial charge in [-0.1, -0.05) is 97.4 Å². The van der Waals surface area contributed by atoms with Crippen LogP contribution in [0.1, 0.15) is 61.3 Å². The van der Waals surface area contributed by atoms with Crippen LogP contribution in [0.15, 0.2) is 95.2 Å². The standard InChI is InChI=1S/C30H40O3/c1-23(12-8-9-13-24(2)15-11-17-26(4)22-31)14-10-16-25(3)18-19-30-28(5,6)20-27(32)21-29(30,7)33-30/h8-19,22,27,32H,20-21H2,1-7H3. The molecule has 1 saturated carbocycles. The fraction of sp³-hybridized carbons (Fsp3) is 0.433. The molecule has 3 nitrogen and oxygen atoms in total. The van der Waals surface area contributed by atoms with Crippen molar-refractivity contribution in [3.05, 3.63) is 95.2 Å². The Balaban J connectivity index is 1.92. The first-order valence-corrected chi connectivity index (χ1v) is 11.7. The van der Waals surface area contributed by atoms with E-state index in [0.717, 1.165) is 29.4 Å². The van der Waals surface area contributed by atoms with Gasteiger partial charge >= 0.3 is 0 Å². The van der Waals surface area contributed by atoms with E-state index in [1.807, 2.05) is 37.3 Å². The second-order valence-electron chi connectivity index (χ2n) is 10.2. The fourth-order valence-corrected chi connectivity index (χ4v) is 4.65. The number of aliphatic hydroxyl groups excluding tert-OH is 1. The maximum atomic E-state index is 10.6. The van der Waals surface area contributed by atoms with Gasteiger partial charge in [-0.05, 0) is 52.7 Å². The Kier molecular flexibility index (Phi) is 8.99. The van der Waals surface area contributed by atoms with Gasteiger partial charge in [-0.15, -0.1) is 0 Å². The second-order valence-corrected chi connectivity index (χ2v) is 10.2. The molecule has 0 amide bonds. The molecule has 1 aliphatic heterocycles. The number of hydrogen-bond acceptors (Lipinski definition) is 3. The van der Waals surface area contributed by atoms with Crippen LogP contribution in [0.5, 0.6) is 0 Å². The quantitative estimate of drug-likeness (QED) is 0.181. The summed E-state index contributed by atoms with van der Waals surface area (Å²) in [5.41, 5.74) is 3.49. The van der Waals surface area contributed by atoms with Gasteiger partial charge in [0.25, 0.3) is 0 Å². The number of carbonyl (C=O) groups excluding carboxylic acids is 1. The molecule has 0 aromatic rings. The van der Waals surface area contributed by atoms with Crippen molar-refractivity contribution in [1.82, 2.24) is 0 Å². The van der Waals surface area contributed by atoms with Crippen LogP contribution in [0.4, 0.5) is 0 Å². The number of epoxide rings is 1. The number of ether oxygens (including phenoxy) is 1. The minimum absolute atomic E-state index is 0.0918. The van der Waals surface area contributed by atoms with Gasteiger partial charge in [0.15, 0.2) is 0 Å². The van der Waals surface area contributed by atoms with Gasteiger partial charge in [0.05, 0.1) is 6.10 Å². The third kappa shape index (κ3) is 6.99. The van der Waals surface area contributed by atoms with E-state index in [1.165, 1.54) is 0 Å². The molecular weight excluding hydrogens is 408 g/mol. The first-order chi connectivity index (χ1) is 15.4. The van der Waals surface area contributed by atoms with Crippen LogP contribution < -0.4 is 0 Å². The van der Waals surface area contributed by atoms with Crippen molar-refractivity contribution in [2.75, 3.05) is 0 Å². The summed E-state index contributed by atoms with van der Waals surface area (Å²) >= 11 is 0. The monoisotopic (exact) mass is 448 g/mol. The molecule has 1 saturated heterocycles. The van der Waals surface area contributed by atoms with Gasteiger partial charge in [0.2, 0.25) is 0 Å². The highest BCUT2D eigenvalue weighted by Gasteiger charge is 2.74. The molecule has 178 valence electrons. The van der Waals surface area contributed by atoms with E-state index in [2.05, 4.69) is 71.1 Å². The lowest BCUT2D eigenvalue weighted by atomic mass is 9.63. The molecule has 3 atom stereocenters. The number of allylic oxidation sites excluding steroid dienone is 15. The Hall–Kier alpha value is -2.49. The molecular formula is C30H40O3. The molecule has 0 aromatic heterocycles. The summed E-state index contributed by atoms with van der Waals surface area (Å²) in [6.07, 6.45) is 26.4. The molecule has 0 spiro atoms. The average molecular weight is 449 g/mol. The van der Waals surface area contributed by atoms with Crippen LogP contribution in [0, 0.1) is 5.41 Å². The highest BCUT2D eigenvalue weighted by molar-refractivity contribution is 5.72. The van der Waals surface area contributed by atoms with Gasteiger partial charge < -0.3 is 9.84 Å². The normalized spacial score (nSPS) is 31.2. The predicted octanol–water partition coefficient (Wildman–Crippen LogP) is 6.90. The maximum absolute atomic E-state index is 10.6. The topological polar surface area (TPSA) is 49.8 Å². The van der Waals surface area contributed by atoms with Crippen molar-refractivity contribution < 1.29 is 14.6 Å². The largest absolute Gasteiger partial charge is 0.393 e. The van der Waals surface area contributed by atoms with E-state index in [1.54, 1.807) is 13.0 Å². The molecule has 2 fully saturated rings. The molecule has 0 aromatic carbocycles. The Labute approximate surface area is 200 Å². The highest BCUT2D eigenvalue weighted by Crippen LogP contribution is 2.66. The summed E-state index contributed by atoms with van der Waals surface area (Å²) in [5, 5.41) is 10.2. The zero-order valence-electron chi connectivity index (χ0n) is 21.3. The number of fused-ring (bicyclic) bond motifs is 1. The van der Waals surface area contributed by atoms with Crippen LogP contribution in [-0.2, 0) is 9.53 Å². The van der Waals surface area contributed by atoms with E-state index < -0.39 is 0 Å². The third-order valence-corrected chi connectivity index (χ3v) is 6.54. The molecule has 1 N–H and O–H groups in total. The fourth-order valence-electron chi connectivity index (χ4n) is 4.65. The summed E-state index contributed by atoms with van der Waals surface area (Å²) < 4.78 is 6.21. The average Bonchev–Trinajstić information content (AvgIpc) is 3.35. The Morgan fingerprint density at radius 2 is 1.24 bits per heavy atom. The molecule has 0 radical (unpaired) electrons. The molecule has 2 rings (SSSR count). The Bertz CT molecular complexity index is 965. The zero-order valence-corrected chi connectivity index (χ0v) is 21.3. The Morgan fingerprint density at radius 3 is 1.76 bits per heavy atom. The zero-order chi connectivity index (χ0) is 24.7. The van der Waals surface area contributed by atoms with Gasteiger partial charge in [-0.3, -0.25) is 4.79 Å². The van der Waals surface area contributed by atoms with E-state index in [4.69, 9.17) is 4.74 Å². The van der Waals surface area contributed by atoms with Crippen LogP contribution in [0.25, 0.3) is 0 Å². The second kappa shape index (κ2) is 11.1. The summed E-state index contributed by atoms with van der Waals surface area (Å²) in [4.78, 5) is 10.6. The minimum Gasteiger partial charge on any atom is -0.393 e. The van der Waals surface area contributed by atoms with Crippen LogP contribution in [-0.4, -0.2) is 28.7 Å². The summed E-state index contributed by atoms with van der Waals surface area (Å²) in [6, 6.07) is 0. The van der Waals surface area contributed by atoms with Crippen molar-refractivity contribution in [2.24, 2.45) is 5.41 Å². The lowest BCUT2D eigenvalue weighted by Gasteiger charge is -2.39. The highest BCUT2D eigenvalue weighted by atomic mass is 16.6. The number of aliphatic hydroxyl groups is 1. The molecule has 1 heterocycles. The van der Waals surface area contributed by atoms with Crippen molar-refractivity contribution in [3.63, 3.8) is 0 Å². The smallest absolute Gasteiger partial charge is 0.145 e. The van der Waals surface area contributed by atoms with Gasteiger partial charge in [-0.25, -0.2) is 0 Å². The van der Waals surface area contributed by atoms with Crippen molar-refractivity contribution in [2.45, 2.75) is 78.6 Å². The first-order valence-electron chi connectivity index (χ1n) is 11.7. The van der Waals surface area contributed by atoms with E-state index in [0.29, 0.717) is 12.0 Å². The summed E-state index contributed by atoms with van der Waals surface area (Å²) in [6.45, 7) is 14.4. The predicted molar refractivity (Wildman–Crippen MR) is 139 cm³/mol. The third-order valence-electron chi connectivity index (χ3n) is 6.54. The van der Waals surface area contributed by atoms with E-state index in [-0.39, 0.29) is 22.7 Å². The molecule has 2 aliphatic rings. The lowest BCUT2D eigenvalue weighted by molar-refractivity contribution is -0.104. The molecule has 0 bridgehead atoms. The van der Waals surface area contributed by atoms with Crippen molar-refractivity contribution >= 4 is 6.29 Å². The minimum atomic E-state index is -0.289. The lowest BCUT2D eigenvalue weighted by Crippen LogP contribution is -2.46. The van der Waals surface area contributed by atoms with Gasteiger partial charge in [-0.2, -0.15) is 0 Å². The van der Waals surface area contributed by atoms with Crippen molar-refractivity contribution in [1.29, 1.82) is 0 Å². The van der Waals surface area contributed by atoms with Crippen LogP contribution in [0.2, 0.25) is 0 Å². The van der Waals surface area contributed by atoms with Crippen LogP contribution >= 0.6 is 0 Å². The van der Waals surface area contributed by atoms with Crippen LogP contribution in [0.3, 0.4) is 0 Å². The van der Waals surface area contributed by atoms with Gasteiger partial charge in [0, 0.05) is 11.8 Å². The number of hydrogen-bond donors (Lipinski definition) is 1. The maximum Gasteiger partial charge on any atom is 0.145 e. The number of aldehydes is 1. The summed E-state index contributed by atoms with van der Waals surface area (Å²) in [5.74, 6) is 0. The van der Waals surface area contributed by atoms with E-state index >= 15 is 0 Å². The molecule has 3 unspecified atom stereocenters.